The molecule has 1 N–H and O–H groups in total. The third kappa shape index (κ3) is 4.09. The minimum atomic E-state index is -0.784. The first kappa shape index (κ1) is 28.8. The normalized spacial score (nSPS) is 27.8. The lowest BCUT2D eigenvalue weighted by Gasteiger charge is -2.44. The van der Waals surface area contributed by atoms with E-state index in [0.717, 1.165) is 16.7 Å². The summed E-state index contributed by atoms with van der Waals surface area (Å²) in [5.41, 5.74) is 4.47. The minimum absolute atomic E-state index is 0.0572. The number of fused-ring (bicyclic) bond motifs is 4. The molecule has 0 spiro atoms. The number of rotatable bonds is 3. The van der Waals surface area contributed by atoms with Crippen molar-refractivity contribution < 1.29 is 24.3 Å². The number of aryl methyl sites for hydroxylation is 3. The van der Waals surface area contributed by atoms with Gasteiger partial charge in [-0.3, -0.25) is 19.2 Å². The molecule has 4 aliphatic rings. The molecule has 4 amide bonds. The third-order valence-corrected chi connectivity index (χ3v) is 10.9. The van der Waals surface area contributed by atoms with Gasteiger partial charge in [-0.15, -0.1) is 0 Å². The van der Waals surface area contributed by atoms with E-state index in [1.165, 1.54) is 9.80 Å². The molecule has 7 nitrogen and oxygen atoms in total. The van der Waals surface area contributed by atoms with Crippen molar-refractivity contribution in [2.45, 2.75) is 39.5 Å². The molecule has 9 heteroatoms. The maximum Gasteiger partial charge on any atom is 0.238 e. The summed E-state index contributed by atoms with van der Waals surface area (Å²) >= 11 is 12.8. The van der Waals surface area contributed by atoms with E-state index in [0.29, 0.717) is 39.0 Å². The number of imide groups is 2. The highest BCUT2D eigenvalue weighted by molar-refractivity contribution is 6.33. The Kier molecular flexibility index (Phi) is 6.75. The maximum atomic E-state index is 14.3. The van der Waals surface area contributed by atoms with Crippen molar-refractivity contribution in [3.8, 4) is 5.75 Å². The zero-order valence-corrected chi connectivity index (χ0v) is 25.9. The van der Waals surface area contributed by atoms with E-state index in [9.17, 15) is 24.3 Å². The molecule has 2 aliphatic heterocycles. The number of benzene rings is 3. The van der Waals surface area contributed by atoms with Crippen LogP contribution in [0.4, 0.5) is 11.4 Å². The van der Waals surface area contributed by atoms with Gasteiger partial charge in [0, 0.05) is 21.5 Å². The van der Waals surface area contributed by atoms with Crippen molar-refractivity contribution in [1.29, 1.82) is 0 Å². The molecule has 3 aromatic rings. The van der Waals surface area contributed by atoms with Gasteiger partial charge in [0.25, 0.3) is 0 Å². The maximum absolute atomic E-state index is 14.3. The van der Waals surface area contributed by atoms with Crippen LogP contribution in [0.15, 0.2) is 66.2 Å². The first-order chi connectivity index (χ1) is 21.0. The molecule has 44 heavy (non-hydrogen) atoms. The first-order valence-corrected chi connectivity index (χ1v) is 15.5. The fourth-order valence-corrected chi connectivity index (χ4v) is 8.17. The SMILES string of the molecule is Cc1ccc(N2C(=O)[C@H]3[C@H](CC=C4[C@H]3C[C@H]3C(=O)N(c5ccc(C)c(Cl)c5)C(=O)[C@H]3[C@H]4c3cccc(C)c3O)C2=O)cc1Cl. The highest BCUT2D eigenvalue weighted by atomic mass is 35.5. The smallest absolute Gasteiger partial charge is 0.238 e. The van der Waals surface area contributed by atoms with Gasteiger partial charge < -0.3 is 5.11 Å². The summed E-state index contributed by atoms with van der Waals surface area (Å²) in [5.74, 6) is -5.25. The van der Waals surface area contributed by atoms with Gasteiger partial charge >= 0.3 is 0 Å². The number of aromatic hydroxyl groups is 1. The number of hydrogen-bond donors (Lipinski definition) is 1. The average molecular weight is 630 g/mol. The first-order valence-electron chi connectivity index (χ1n) is 14.8. The molecule has 0 bridgehead atoms. The number of nitrogens with zero attached hydrogens (tertiary/aromatic N) is 2. The lowest BCUT2D eigenvalue weighted by molar-refractivity contribution is -0.126. The van der Waals surface area contributed by atoms with Crippen LogP contribution in [0, 0.1) is 50.4 Å². The molecular weight excluding hydrogens is 599 g/mol. The van der Waals surface area contributed by atoms with Crippen LogP contribution in [0.25, 0.3) is 0 Å². The van der Waals surface area contributed by atoms with E-state index in [1.807, 2.05) is 26.0 Å². The van der Waals surface area contributed by atoms with Crippen LogP contribution in [0.2, 0.25) is 10.0 Å². The number of para-hydroxylation sites is 1. The molecule has 0 aromatic heterocycles. The molecule has 3 fully saturated rings. The van der Waals surface area contributed by atoms with E-state index in [4.69, 9.17) is 23.2 Å². The van der Waals surface area contributed by atoms with E-state index >= 15 is 0 Å². The molecule has 2 saturated heterocycles. The fraction of sp³-hybridized carbons (Fsp3) is 0.314. The molecule has 0 radical (unpaired) electrons. The van der Waals surface area contributed by atoms with Gasteiger partial charge in [-0.2, -0.15) is 0 Å². The minimum Gasteiger partial charge on any atom is -0.507 e. The van der Waals surface area contributed by atoms with E-state index < -0.39 is 35.5 Å². The Labute approximate surface area is 265 Å². The number of phenols is 1. The number of carbonyl (C=O) groups excluding carboxylic acids is 4. The Hall–Kier alpha value is -3.94. The second-order valence-corrected chi connectivity index (χ2v) is 13.2. The summed E-state index contributed by atoms with van der Waals surface area (Å²) in [4.78, 5) is 58.8. The zero-order valence-electron chi connectivity index (χ0n) is 24.4. The second kappa shape index (κ2) is 10.3. The molecule has 3 aromatic carbocycles. The Morgan fingerprint density at radius 1 is 0.682 bits per heavy atom. The number of halogens is 2. The molecule has 0 unspecified atom stereocenters. The number of anilines is 2. The monoisotopic (exact) mass is 628 g/mol. The van der Waals surface area contributed by atoms with Gasteiger partial charge in [-0.05, 0) is 80.5 Å². The van der Waals surface area contributed by atoms with Gasteiger partial charge in [-0.25, -0.2) is 9.80 Å². The Morgan fingerprint density at radius 3 is 1.84 bits per heavy atom. The topological polar surface area (TPSA) is 95.0 Å². The van der Waals surface area contributed by atoms with Gasteiger partial charge in [0.2, 0.25) is 23.6 Å². The summed E-state index contributed by atoms with van der Waals surface area (Å²) in [7, 11) is 0. The van der Waals surface area contributed by atoms with Crippen LogP contribution in [-0.2, 0) is 19.2 Å². The number of hydrogen-bond acceptors (Lipinski definition) is 5. The van der Waals surface area contributed by atoms with Gasteiger partial charge in [0.15, 0.2) is 0 Å². The largest absolute Gasteiger partial charge is 0.507 e. The molecule has 224 valence electrons. The standard InChI is InChI=1S/C35H30Cl2N2O5/c1-16-7-9-19(13-26(16)36)38-32(41)23-12-11-21-24(29(23)34(38)43)15-25-30(28(21)22-6-4-5-18(3)31(22)40)35(44)39(33(25)42)20-10-8-17(2)27(37)14-20/h4-11,13-14,23-25,28-30,40H,12,15H2,1-3H3/t23-,24+,25+,28+,29-,30+/m0/s1. The lowest BCUT2D eigenvalue weighted by Crippen LogP contribution is -2.43. The zero-order chi connectivity index (χ0) is 31.2. The Morgan fingerprint density at radius 2 is 1.25 bits per heavy atom. The van der Waals surface area contributed by atoms with Crippen molar-refractivity contribution in [3.05, 3.63) is 98.5 Å². The van der Waals surface area contributed by atoms with Gasteiger partial charge in [-0.1, -0.05) is 65.2 Å². The lowest BCUT2D eigenvalue weighted by atomic mass is 9.57. The van der Waals surface area contributed by atoms with E-state index in [-0.39, 0.29) is 35.8 Å². The van der Waals surface area contributed by atoms with E-state index in [2.05, 4.69) is 0 Å². The number of amides is 4. The molecule has 6 atom stereocenters. The Bertz CT molecular complexity index is 1830. The van der Waals surface area contributed by atoms with Crippen LogP contribution >= 0.6 is 23.2 Å². The molecular formula is C35H30Cl2N2O5. The fourth-order valence-electron chi connectivity index (χ4n) is 7.82. The summed E-state index contributed by atoms with van der Waals surface area (Å²) < 4.78 is 0. The van der Waals surface area contributed by atoms with Crippen LogP contribution in [-0.4, -0.2) is 28.7 Å². The summed E-state index contributed by atoms with van der Waals surface area (Å²) in [6.45, 7) is 5.48. The molecule has 2 heterocycles. The highest BCUT2D eigenvalue weighted by Crippen LogP contribution is 2.59. The quantitative estimate of drug-likeness (QED) is 0.258. The predicted octanol–water partition coefficient (Wildman–Crippen LogP) is 6.67. The van der Waals surface area contributed by atoms with Crippen molar-refractivity contribution in [2.75, 3.05) is 9.80 Å². The number of allylic oxidation sites excluding steroid dienone is 2. The highest BCUT2D eigenvalue weighted by Gasteiger charge is 2.62. The Balaban J connectivity index is 1.35. The summed E-state index contributed by atoms with van der Waals surface area (Å²) in [6.07, 6.45) is 2.52. The molecule has 7 rings (SSSR count). The average Bonchev–Trinajstić information content (AvgIpc) is 3.40. The number of carbonyl (C=O) groups is 4. The second-order valence-electron chi connectivity index (χ2n) is 12.4. The van der Waals surface area contributed by atoms with Crippen molar-refractivity contribution >= 4 is 58.2 Å². The van der Waals surface area contributed by atoms with Crippen LogP contribution in [0.5, 0.6) is 5.75 Å². The van der Waals surface area contributed by atoms with Gasteiger partial charge in [0.05, 0.1) is 35.0 Å². The van der Waals surface area contributed by atoms with Crippen molar-refractivity contribution in [2.24, 2.45) is 29.6 Å². The summed E-state index contributed by atoms with van der Waals surface area (Å²) in [5, 5.41) is 12.2. The predicted molar refractivity (Wildman–Crippen MR) is 168 cm³/mol. The van der Waals surface area contributed by atoms with Crippen molar-refractivity contribution in [1.82, 2.24) is 0 Å². The van der Waals surface area contributed by atoms with Crippen LogP contribution < -0.4 is 9.80 Å². The van der Waals surface area contributed by atoms with Crippen LogP contribution in [0.3, 0.4) is 0 Å². The van der Waals surface area contributed by atoms with Gasteiger partial charge in [0.1, 0.15) is 5.75 Å². The number of phenolic OH excluding ortho intramolecular Hbond substituents is 1. The summed E-state index contributed by atoms with van der Waals surface area (Å²) in [6, 6.07) is 15.6. The molecule has 1 saturated carbocycles. The van der Waals surface area contributed by atoms with Crippen molar-refractivity contribution in [3.63, 3.8) is 0 Å². The molecule has 2 aliphatic carbocycles. The van der Waals surface area contributed by atoms with Crippen LogP contribution in [0.1, 0.15) is 41.0 Å². The van der Waals surface area contributed by atoms with E-state index in [1.54, 1.807) is 55.5 Å². The third-order valence-electron chi connectivity index (χ3n) is 10.1.